The van der Waals surface area contributed by atoms with Gasteiger partial charge >= 0.3 is 29.2 Å². The molecule has 3 heterocycles. The number of hydrogen-bond donors (Lipinski definition) is 9. The minimum absolute atomic E-state index is 0.0398. The predicted molar refractivity (Wildman–Crippen MR) is 247 cm³/mol. The van der Waals surface area contributed by atoms with Crippen molar-refractivity contribution in [2.75, 3.05) is 44.2 Å². The van der Waals surface area contributed by atoms with Crippen molar-refractivity contribution >= 4 is 60.3 Å². The Bertz CT molecular complexity index is 3430. The van der Waals surface area contributed by atoms with Crippen LogP contribution in [0.1, 0.15) is 39.5 Å². The minimum atomic E-state index is -5.90. The van der Waals surface area contributed by atoms with Gasteiger partial charge in [0.2, 0.25) is 15.4 Å². The van der Waals surface area contributed by atoms with Crippen molar-refractivity contribution < 1.29 is 87.2 Å². The van der Waals surface area contributed by atoms with Gasteiger partial charge in [0, 0.05) is 59.2 Å². The van der Waals surface area contributed by atoms with Gasteiger partial charge in [-0.3, -0.25) is 23.4 Å². The second-order valence-electron chi connectivity index (χ2n) is 15.1. The van der Waals surface area contributed by atoms with Crippen molar-refractivity contribution in [3.8, 4) is 34.3 Å². The van der Waals surface area contributed by atoms with Crippen LogP contribution in [-0.2, 0) is 51.7 Å². The maximum Gasteiger partial charge on any atom is 0.490 e. The third-order valence-electron chi connectivity index (χ3n) is 10.7. The van der Waals surface area contributed by atoms with Gasteiger partial charge in [-0.15, -0.1) is 0 Å². The zero-order chi connectivity index (χ0) is 51.7. The number of aliphatic hydroxyl groups excluding tert-OH is 2. The zero-order valence-corrected chi connectivity index (χ0v) is 41.5. The molecule has 26 nitrogen and oxygen atoms in total. The van der Waals surface area contributed by atoms with E-state index in [-0.39, 0.29) is 5.56 Å². The molecule has 6 atom stereocenters. The van der Waals surface area contributed by atoms with Gasteiger partial charge in [-0.05, 0) is 58.0 Å². The molecule has 31 heteroatoms. The van der Waals surface area contributed by atoms with Gasteiger partial charge in [-0.25, -0.2) is 31.5 Å². The number of hydrogen-bond acceptors (Lipinski definition) is 17. The number of rotatable bonds is 18. The maximum absolute atomic E-state index is 13.6. The Balaban J connectivity index is 1.27. The highest BCUT2D eigenvalue weighted by molar-refractivity contribution is 7.89. The SMILES string of the molecule is CCN(CC)c1ccc2c(-c3ccc(S(=O)(=O)NCC#Cc4cn([C@@H]5O[C@H](COP(=O)(O)OP(=O)(O)OP(=O)(O)O)[C@@H](O)[C@H]5O)c(=O)[nH]c4=O)cc3S(=O)(=O)O)c3ccc(=[N+](CC)CC)cc-3oc2c1. The van der Waals surface area contributed by atoms with Crippen LogP contribution in [-0.4, -0.2) is 118 Å². The summed E-state index contributed by atoms with van der Waals surface area (Å²) in [5, 5.41) is 22.4. The Morgan fingerprint density at radius 3 is 2.17 bits per heavy atom. The number of nitrogens with zero attached hydrogens (tertiary/aromatic N) is 3. The Morgan fingerprint density at radius 1 is 0.871 bits per heavy atom. The van der Waals surface area contributed by atoms with Crippen molar-refractivity contribution in [1.29, 1.82) is 0 Å². The van der Waals surface area contributed by atoms with E-state index in [0.29, 0.717) is 58.6 Å². The molecule has 9 N–H and O–H groups in total. The van der Waals surface area contributed by atoms with E-state index in [4.69, 9.17) is 18.9 Å². The fourth-order valence-electron chi connectivity index (χ4n) is 7.50. The van der Waals surface area contributed by atoms with Crippen LogP contribution >= 0.6 is 23.5 Å². The zero-order valence-electron chi connectivity index (χ0n) is 37.2. The molecule has 1 saturated heterocycles. The number of phosphoric ester groups is 1. The van der Waals surface area contributed by atoms with E-state index in [9.17, 15) is 64.7 Å². The van der Waals surface area contributed by atoms with Gasteiger partial charge in [-0.1, -0.05) is 17.9 Å². The number of aromatic nitrogens is 2. The number of phosphoric acid groups is 3. The minimum Gasteiger partial charge on any atom is -0.456 e. The lowest BCUT2D eigenvalue weighted by Crippen LogP contribution is -2.38. The summed E-state index contributed by atoms with van der Waals surface area (Å²) in [6, 6.07) is 13.9. The van der Waals surface area contributed by atoms with Gasteiger partial charge in [0.25, 0.3) is 15.7 Å². The van der Waals surface area contributed by atoms with E-state index >= 15 is 0 Å². The second-order valence-corrected chi connectivity index (χ2v) is 22.7. The molecule has 380 valence electrons. The van der Waals surface area contributed by atoms with Crippen LogP contribution in [0.25, 0.3) is 33.4 Å². The lowest BCUT2D eigenvalue weighted by Gasteiger charge is -2.22. The van der Waals surface area contributed by atoms with Crippen molar-refractivity contribution in [1.82, 2.24) is 18.8 Å². The second kappa shape index (κ2) is 21.2. The number of anilines is 1. The molecule has 2 unspecified atom stereocenters. The standard InChI is InChI=1S/C39H46N5O21P3S2/c1-5-42(6-2)24-11-14-27-30(18-24)62-31-19-25(43(7-3)8-4)12-15-28(31)34(27)29-16-13-26(20-33(29)70(58,59)60)69(56,57)40-17-9-10-23-21-44(39(48)41-37(23)47)38-36(46)35(45)32(63-38)22-61-67(52,53)65-68(54,55)64-66(49,50)51/h11-16,18-21,32,35-36,38,40,45-46H,5-8,17,22H2,1-4H3,(H5-,41,47,48,49,50,51,52,53,54,55,58,59,60)/p+1/t32-,35-,36-,38-/m1/s1. The summed E-state index contributed by atoms with van der Waals surface area (Å²) in [7, 11) is -27.1. The molecule has 0 amide bonds. The van der Waals surface area contributed by atoms with E-state index in [2.05, 4.69) is 39.2 Å². The average molecular weight is 1080 g/mol. The molecule has 0 saturated carbocycles. The molecule has 2 aliphatic heterocycles. The first-order chi connectivity index (χ1) is 32.6. The Hall–Kier alpha value is -4.72. The molecule has 0 spiro atoms. The lowest BCUT2D eigenvalue weighted by molar-refractivity contribution is -0.0542. The number of sulfonamides is 1. The first kappa shape index (κ1) is 54.6. The third kappa shape index (κ3) is 12.5. The van der Waals surface area contributed by atoms with Crippen LogP contribution in [0.5, 0.6) is 0 Å². The summed E-state index contributed by atoms with van der Waals surface area (Å²) in [6.45, 7) is 8.74. The lowest BCUT2D eigenvalue weighted by atomic mass is 9.93. The Kier molecular flexibility index (Phi) is 16.5. The molecule has 3 aliphatic rings. The fraction of sp³-hybridized carbons (Fsp3) is 0.359. The predicted octanol–water partition coefficient (Wildman–Crippen LogP) is 1.25. The summed E-state index contributed by atoms with van der Waals surface area (Å²) in [6.07, 6.45) is -6.97. The van der Waals surface area contributed by atoms with Crippen LogP contribution in [0.2, 0.25) is 0 Å². The van der Waals surface area contributed by atoms with E-state index in [0.717, 1.165) is 29.4 Å². The molecular formula is C39H47N5O21P3S2+. The number of fused-ring (bicyclic) bond motifs is 2. The average Bonchev–Trinajstić information content (AvgIpc) is 3.54. The first-order valence-electron chi connectivity index (χ1n) is 20.7. The molecule has 6 rings (SSSR count). The molecule has 70 heavy (non-hydrogen) atoms. The number of nitrogens with one attached hydrogen (secondary N) is 2. The van der Waals surface area contributed by atoms with Crippen LogP contribution in [0.15, 0.2) is 84.6 Å². The van der Waals surface area contributed by atoms with Gasteiger partial charge < -0.3 is 43.8 Å². The van der Waals surface area contributed by atoms with E-state index < -0.39 is 108 Å². The smallest absolute Gasteiger partial charge is 0.456 e. The molecule has 0 radical (unpaired) electrons. The molecule has 0 bridgehead atoms. The third-order valence-corrected chi connectivity index (χ3v) is 16.8. The highest BCUT2D eigenvalue weighted by Crippen LogP contribution is 2.66. The molecule has 2 aromatic carbocycles. The van der Waals surface area contributed by atoms with Crippen LogP contribution in [0.4, 0.5) is 5.69 Å². The van der Waals surface area contributed by atoms with Crippen molar-refractivity contribution in [2.24, 2.45) is 0 Å². The highest BCUT2D eigenvalue weighted by Gasteiger charge is 2.47. The first-order valence-corrected chi connectivity index (χ1v) is 28.2. The van der Waals surface area contributed by atoms with Gasteiger partial charge in [0.15, 0.2) is 6.23 Å². The van der Waals surface area contributed by atoms with E-state index in [1.54, 1.807) is 12.1 Å². The molecule has 1 aromatic heterocycles. The van der Waals surface area contributed by atoms with Crippen molar-refractivity contribution in [3.63, 3.8) is 0 Å². The number of aromatic amines is 1. The maximum atomic E-state index is 13.6. The van der Waals surface area contributed by atoms with E-state index in [1.807, 2.05) is 56.9 Å². The van der Waals surface area contributed by atoms with Crippen LogP contribution < -0.4 is 30.8 Å². The molecule has 1 fully saturated rings. The monoisotopic (exact) mass is 1080 g/mol. The topological polar surface area (TPSA) is 384 Å². The van der Waals surface area contributed by atoms with Gasteiger partial charge in [0.1, 0.15) is 53.2 Å². The fourth-order valence-corrected chi connectivity index (χ4v) is 12.3. The largest absolute Gasteiger partial charge is 0.490 e. The number of aliphatic hydroxyl groups is 2. The summed E-state index contributed by atoms with van der Waals surface area (Å²) in [5.41, 5.74) is -0.898. The highest BCUT2D eigenvalue weighted by atomic mass is 32.2. The van der Waals surface area contributed by atoms with E-state index in [1.165, 1.54) is 6.07 Å². The normalized spacial score (nSPS) is 19.4. The molecular weight excluding hydrogens is 1030 g/mol. The van der Waals surface area contributed by atoms with Gasteiger partial charge in [-0.2, -0.15) is 21.8 Å². The number of H-pyrrole nitrogens is 1. The van der Waals surface area contributed by atoms with Crippen molar-refractivity contribution in [2.45, 2.75) is 62.0 Å². The summed E-state index contributed by atoms with van der Waals surface area (Å²) < 4.78 is 127. The van der Waals surface area contributed by atoms with Gasteiger partial charge in [0.05, 0.1) is 24.1 Å². The van der Waals surface area contributed by atoms with Crippen LogP contribution in [0.3, 0.4) is 0 Å². The number of benzene rings is 3. The summed E-state index contributed by atoms with van der Waals surface area (Å²) in [5.74, 6) is 5.07. The Labute approximate surface area is 398 Å². The Morgan fingerprint density at radius 2 is 1.54 bits per heavy atom. The van der Waals surface area contributed by atoms with Crippen molar-refractivity contribution in [3.05, 3.63) is 92.6 Å². The molecule has 3 aromatic rings. The summed E-state index contributed by atoms with van der Waals surface area (Å²) in [4.78, 5) is 64.5. The molecule has 1 aliphatic carbocycles. The number of ether oxygens (including phenoxy) is 1. The van der Waals surface area contributed by atoms with Crippen LogP contribution in [0, 0.1) is 11.8 Å². The summed E-state index contributed by atoms with van der Waals surface area (Å²) >= 11 is 0. The quantitative estimate of drug-likeness (QED) is 0.0196.